The van der Waals surface area contributed by atoms with Crippen LogP contribution in [0.15, 0.2) is 21.6 Å². The maximum atomic E-state index is 12.6. The highest BCUT2D eigenvalue weighted by atomic mass is 32.2. The number of carbonyl (C=O) groups is 1. The van der Waals surface area contributed by atoms with Crippen LogP contribution in [0.4, 0.5) is 0 Å². The number of nitrogens with zero attached hydrogens (tertiary/aromatic N) is 1. The molecule has 1 heterocycles. The quantitative estimate of drug-likeness (QED) is 0.852. The molecule has 4 aliphatic rings. The molecular formula is C19H28N2O4S. The van der Waals surface area contributed by atoms with Gasteiger partial charge in [0.15, 0.2) is 5.76 Å². The number of furan rings is 1. The van der Waals surface area contributed by atoms with Crippen LogP contribution < -0.4 is 5.32 Å². The average molecular weight is 381 g/mol. The van der Waals surface area contributed by atoms with Crippen molar-refractivity contribution in [3.63, 3.8) is 0 Å². The van der Waals surface area contributed by atoms with E-state index in [1.54, 1.807) is 0 Å². The van der Waals surface area contributed by atoms with E-state index in [4.69, 9.17) is 4.42 Å². The molecule has 0 saturated heterocycles. The van der Waals surface area contributed by atoms with E-state index >= 15 is 0 Å². The first-order valence-corrected chi connectivity index (χ1v) is 11.0. The molecule has 1 N–H and O–H groups in total. The number of hydrogen-bond acceptors (Lipinski definition) is 4. The van der Waals surface area contributed by atoms with Gasteiger partial charge in [-0.3, -0.25) is 4.79 Å². The van der Waals surface area contributed by atoms with Crippen LogP contribution in [-0.2, 0) is 10.0 Å². The molecule has 4 bridgehead atoms. The fourth-order valence-electron chi connectivity index (χ4n) is 5.89. The van der Waals surface area contributed by atoms with Gasteiger partial charge >= 0.3 is 0 Å². The highest BCUT2D eigenvalue weighted by Crippen LogP contribution is 2.61. The van der Waals surface area contributed by atoms with E-state index in [-0.39, 0.29) is 28.2 Å². The zero-order valence-corrected chi connectivity index (χ0v) is 16.5. The fourth-order valence-corrected chi connectivity index (χ4v) is 6.68. The summed E-state index contributed by atoms with van der Waals surface area (Å²) in [6, 6.07) is 2.86. The molecule has 144 valence electrons. The van der Waals surface area contributed by atoms with Gasteiger partial charge in [-0.15, -0.1) is 0 Å². The van der Waals surface area contributed by atoms with Crippen molar-refractivity contribution in [1.82, 2.24) is 9.62 Å². The number of rotatable bonds is 5. The Morgan fingerprint density at radius 3 is 2.19 bits per heavy atom. The van der Waals surface area contributed by atoms with Gasteiger partial charge in [0.1, 0.15) is 0 Å². The molecule has 1 amide bonds. The molecule has 4 aliphatic carbocycles. The first-order valence-electron chi connectivity index (χ1n) is 9.53. The monoisotopic (exact) mass is 380 g/mol. The van der Waals surface area contributed by atoms with Crippen molar-refractivity contribution in [3.8, 4) is 0 Å². The Labute approximate surface area is 155 Å². The first-order chi connectivity index (χ1) is 12.2. The SMILES string of the molecule is CC(NC(=O)c1ccc(S(=O)(=O)N(C)C)o1)C12CC3CC(CC(C3)C1)C2. The third kappa shape index (κ3) is 2.89. The molecule has 4 fully saturated rings. The molecule has 7 heteroatoms. The van der Waals surface area contributed by atoms with Crippen LogP contribution >= 0.6 is 0 Å². The summed E-state index contributed by atoms with van der Waals surface area (Å²) in [7, 11) is -0.794. The van der Waals surface area contributed by atoms with Gasteiger partial charge in [-0.2, -0.15) is 0 Å². The van der Waals surface area contributed by atoms with E-state index in [1.807, 2.05) is 0 Å². The van der Waals surface area contributed by atoms with Crippen molar-refractivity contribution < 1.29 is 17.6 Å². The Morgan fingerprint density at radius 1 is 1.15 bits per heavy atom. The van der Waals surface area contributed by atoms with Crippen LogP contribution in [0.5, 0.6) is 0 Å². The van der Waals surface area contributed by atoms with Gasteiger partial charge in [0.05, 0.1) is 0 Å². The summed E-state index contributed by atoms with van der Waals surface area (Å²) >= 11 is 0. The molecule has 5 rings (SSSR count). The van der Waals surface area contributed by atoms with Crippen molar-refractivity contribution in [2.75, 3.05) is 14.1 Å². The van der Waals surface area contributed by atoms with Crippen molar-refractivity contribution in [3.05, 3.63) is 17.9 Å². The minimum absolute atomic E-state index is 0.0574. The predicted molar refractivity (Wildman–Crippen MR) is 97.1 cm³/mol. The number of amides is 1. The van der Waals surface area contributed by atoms with Gasteiger partial charge in [-0.25, -0.2) is 12.7 Å². The Morgan fingerprint density at radius 2 is 1.69 bits per heavy atom. The lowest BCUT2D eigenvalue weighted by molar-refractivity contribution is -0.0689. The molecule has 0 spiro atoms. The minimum atomic E-state index is -3.67. The maximum Gasteiger partial charge on any atom is 0.287 e. The molecule has 0 aromatic carbocycles. The summed E-state index contributed by atoms with van der Waals surface area (Å²) in [5, 5.41) is 2.91. The van der Waals surface area contributed by atoms with Crippen molar-refractivity contribution >= 4 is 15.9 Å². The molecule has 0 aliphatic heterocycles. The summed E-state index contributed by atoms with van der Waals surface area (Å²) in [6.45, 7) is 2.10. The highest BCUT2D eigenvalue weighted by Gasteiger charge is 2.53. The van der Waals surface area contributed by atoms with E-state index in [1.165, 1.54) is 64.8 Å². The van der Waals surface area contributed by atoms with Crippen LogP contribution in [-0.4, -0.2) is 38.8 Å². The van der Waals surface area contributed by atoms with Gasteiger partial charge in [0.2, 0.25) is 5.09 Å². The third-order valence-corrected chi connectivity index (χ3v) is 8.58. The van der Waals surface area contributed by atoms with Crippen LogP contribution in [0.2, 0.25) is 0 Å². The van der Waals surface area contributed by atoms with E-state index in [2.05, 4.69) is 12.2 Å². The Kier molecular flexibility index (Phi) is 4.23. The van der Waals surface area contributed by atoms with Gasteiger partial charge in [-0.1, -0.05) is 0 Å². The highest BCUT2D eigenvalue weighted by molar-refractivity contribution is 7.88. The normalized spacial score (nSPS) is 34.2. The second-order valence-electron chi connectivity index (χ2n) is 8.88. The third-order valence-electron chi connectivity index (χ3n) is 6.89. The summed E-state index contributed by atoms with van der Waals surface area (Å²) in [5.74, 6) is 2.19. The Hall–Kier alpha value is -1.34. The second kappa shape index (κ2) is 6.09. The van der Waals surface area contributed by atoms with E-state index in [0.717, 1.165) is 22.1 Å². The van der Waals surface area contributed by atoms with Crippen molar-refractivity contribution in [2.24, 2.45) is 23.2 Å². The van der Waals surface area contributed by atoms with E-state index in [0.29, 0.717) is 0 Å². The molecule has 1 unspecified atom stereocenters. The van der Waals surface area contributed by atoms with Crippen LogP contribution in [0.1, 0.15) is 56.0 Å². The summed E-state index contributed by atoms with van der Waals surface area (Å²) in [6.07, 6.45) is 7.72. The van der Waals surface area contributed by atoms with Gasteiger partial charge in [-0.05, 0) is 80.8 Å². The Bertz CT molecular complexity index is 776. The van der Waals surface area contributed by atoms with E-state index < -0.39 is 10.0 Å². The van der Waals surface area contributed by atoms with Gasteiger partial charge < -0.3 is 9.73 Å². The predicted octanol–water partition coefficient (Wildman–Crippen LogP) is 2.86. The number of carbonyl (C=O) groups excluding carboxylic acids is 1. The zero-order valence-electron chi connectivity index (χ0n) is 15.7. The summed E-state index contributed by atoms with van der Waals surface area (Å²) < 4.78 is 30.7. The smallest absolute Gasteiger partial charge is 0.287 e. The first kappa shape index (κ1) is 18.0. The molecule has 26 heavy (non-hydrogen) atoms. The van der Waals surface area contributed by atoms with Crippen LogP contribution in [0.3, 0.4) is 0 Å². The standard InChI is InChI=1S/C19H28N2O4S/c1-12(19-9-13-6-14(10-19)8-15(7-13)11-19)20-18(22)16-4-5-17(25-16)26(23,24)21(2)3/h4-5,12-15H,6-11H2,1-3H3,(H,20,22). The topological polar surface area (TPSA) is 79.6 Å². The number of hydrogen-bond donors (Lipinski definition) is 1. The lowest BCUT2D eigenvalue weighted by Gasteiger charge is -2.59. The lowest BCUT2D eigenvalue weighted by atomic mass is 9.48. The molecule has 1 aromatic rings. The fraction of sp³-hybridized carbons (Fsp3) is 0.737. The maximum absolute atomic E-state index is 12.6. The summed E-state index contributed by atoms with van der Waals surface area (Å²) in [4.78, 5) is 12.6. The number of nitrogens with one attached hydrogen (secondary N) is 1. The van der Waals surface area contributed by atoms with Crippen LogP contribution in [0.25, 0.3) is 0 Å². The lowest BCUT2D eigenvalue weighted by Crippen LogP contribution is -2.55. The summed E-state index contributed by atoms with van der Waals surface area (Å²) in [5.41, 5.74) is 0.204. The molecule has 1 atom stereocenters. The second-order valence-corrected chi connectivity index (χ2v) is 11.0. The van der Waals surface area contributed by atoms with Gasteiger partial charge in [0.25, 0.3) is 15.9 Å². The molecule has 1 aromatic heterocycles. The van der Waals surface area contributed by atoms with Gasteiger partial charge in [0, 0.05) is 20.1 Å². The molecule has 6 nitrogen and oxygen atoms in total. The molecule has 4 saturated carbocycles. The zero-order chi connectivity index (χ0) is 18.7. The minimum Gasteiger partial charge on any atom is -0.438 e. The average Bonchev–Trinajstić information content (AvgIpc) is 3.04. The van der Waals surface area contributed by atoms with E-state index in [9.17, 15) is 13.2 Å². The largest absolute Gasteiger partial charge is 0.438 e. The van der Waals surface area contributed by atoms with Crippen molar-refractivity contribution in [2.45, 2.75) is 56.6 Å². The van der Waals surface area contributed by atoms with Crippen LogP contribution in [0, 0.1) is 23.2 Å². The Balaban J connectivity index is 1.48. The molecule has 0 radical (unpaired) electrons. The van der Waals surface area contributed by atoms with Crippen molar-refractivity contribution in [1.29, 1.82) is 0 Å². The molecular weight excluding hydrogens is 352 g/mol. The number of sulfonamides is 1.